The van der Waals surface area contributed by atoms with E-state index in [1.54, 1.807) is 13.0 Å². The zero-order valence-electron chi connectivity index (χ0n) is 25.1. The van der Waals surface area contributed by atoms with Crippen LogP contribution in [0.25, 0.3) is 0 Å². The topological polar surface area (TPSA) is 115 Å². The van der Waals surface area contributed by atoms with Gasteiger partial charge in [0.15, 0.2) is 6.29 Å². The summed E-state index contributed by atoms with van der Waals surface area (Å²) in [7, 11) is 1.52. The minimum atomic E-state index is -1.07. The van der Waals surface area contributed by atoms with E-state index >= 15 is 0 Å². The first-order valence-electron chi connectivity index (χ1n) is 15.6. The van der Waals surface area contributed by atoms with Crippen LogP contribution in [-0.2, 0) is 23.7 Å². The normalized spacial score (nSPS) is 53.7. The highest BCUT2D eigenvalue weighted by Gasteiger charge is 2.69. The molecule has 0 spiro atoms. The maximum atomic E-state index is 12.5. The molecule has 0 aromatic rings. The Bertz CT molecular complexity index is 1040. The highest BCUT2D eigenvalue weighted by molar-refractivity contribution is 5.85. The van der Waals surface area contributed by atoms with Gasteiger partial charge in [0.05, 0.1) is 17.8 Å². The Morgan fingerprint density at radius 1 is 0.950 bits per heavy atom. The van der Waals surface area contributed by atoms with Gasteiger partial charge in [-0.1, -0.05) is 27.7 Å². The van der Waals surface area contributed by atoms with Crippen molar-refractivity contribution in [1.29, 1.82) is 0 Å². The van der Waals surface area contributed by atoms with Gasteiger partial charge in [0.2, 0.25) is 0 Å². The van der Waals surface area contributed by atoms with Crippen molar-refractivity contribution in [2.45, 2.75) is 128 Å². The molecule has 6 aliphatic rings. The van der Waals surface area contributed by atoms with Crippen LogP contribution in [0.1, 0.15) is 86.0 Å². The second-order valence-electron chi connectivity index (χ2n) is 15.0. The molecular formula is C32H50O8. The van der Waals surface area contributed by atoms with E-state index in [4.69, 9.17) is 18.9 Å². The lowest BCUT2D eigenvalue weighted by Crippen LogP contribution is -2.65. The molecule has 4 saturated carbocycles. The highest BCUT2D eigenvalue weighted by Crippen LogP contribution is 2.71. The summed E-state index contributed by atoms with van der Waals surface area (Å²) < 4.78 is 23.5. The van der Waals surface area contributed by atoms with Gasteiger partial charge < -0.3 is 34.3 Å². The number of fused-ring (bicyclic) bond motifs is 5. The van der Waals surface area contributed by atoms with Crippen LogP contribution < -0.4 is 0 Å². The number of esters is 1. The summed E-state index contributed by atoms with van der Waals surface area (Å²) in [5.74, 6) is 1.07. The van der Waals surface area contributed by atoms with Crippen LogP contribution in [0.2, 0.25) is 0 Å². The summed E-state index contributed by atoms with van der Waals surface area (Å²) in [5, 5.41) is 33.5. The van der Waals surface area contributed by atoms with Crippen LogP contribution in [0.4, 0.5) is 0 Å². The Labute approximate surface area is 238 Å². The number of methoxy groups -OCH3 is 1. The zero-order chi connectivity index (χ0) is 28.8. The van der Waals surface area contributed by atoms with E-state index < -0.39 is 36.3 Å². The van der Waals surface area contributed by atoms with Crippen LogP contribution in [0, 0.1) is 39.9 Å². The lowest BCUT2D eigenvalue weighted by Gasteiger charge is -2.67. The van der Waals surface area contributed by atoms with Crippen molar-refractivity contribution in [2.24, 2.45) is 39.9 Å². The SMILES string of the molecule is CO[C@H]1[C@H](O[C@H]2CC[C@@]3(C)[C@H](CC[C@@H]4[C@@H]3CC[C@]3(C)[C@@H](C5=CC(=O)OC5)CC[C@]43O)C2(C)C)O[C@H](C)[C@@H](O)[C@@H]1O. The summed E-state index contributed by atoms with van der Waals surface area (Å²) in [6, 6.07) is 0. The van der Waals surface area contributed by atoms with Crippen molar-refractivity contribution in [3.63, 3.8) is 0 Å². The molecule has 3 N–H and O–H groups in total. The summed E-state index contributed by atoms with van der Waals surface area (Å²) >= 11 is 0. The van der Waals surface area contributed by atoms with Crippen LogP contribution in [0.15, 0.2) is 11.6 Å². The van der Waals surface area contributed by atoms with Crippen LogP contribution >= 0.6 is 0 Å². The van der Waals surface area contributed by atoms with Gasteiger partial charge >= 0.3 is 5.97 Å². The first-order chi connectivity index (χ1) is 18.8. The Morgan fingerprint density at radius 3 is 2.38 bits per heavy atom. The average Bonchev–Trinajstić information content (AvgIpc) is 3.44. The summed E-state index contributed by atoms with van der Waals surface area (Å²) in [6.45, 7) is 11.5. The van der Waals surface area contributed by atoms with Crippen molar-refractivity contribution in [3.8, 4) is 0 Å². The fraction of sp³-hybridized carbons (Fsp3) is 0.906. The maximum absolute atomic E-state index is 12.5. The van der Waals surface area contributed by atoms with E-state index in [0.29, 0.717) is 18.4 Å². The molecule has 13 atom stereocenters. The highest BCUT2D eigenvalue weighted by atomic mass is 16.7. The number of rotatable bonds is 4. The third-order valence-electron chi connectivity index (χ3n) is 13.2. The monoisotopic (exact) mass is 562 g/mol. The predicted molar refractivity (Wildman–Crippen MR) is 147 cm³/mol. The third kappa shape index (κ3) is 3.96. The van der Waals surface area contributed by atoms with Gasteiger partial charge in [-0.25, -0.2) is 4.79 Å². The van der Waals surface area contributed by atoms with Gasteiger partial charge in [0.1, 0.15) is 24.9 Å². The summed E-state index contributed by atoms with van der Waals surface area (Å²) in [6.07, 6.45) is 5.19. The van der Waals surface area contributed by atoms with Crippen molar-refractivity contribution in [2.75, 3.05) is 13.7 Å². The zero-order valence-corrected chi connectivity index (χ0v) is 25.1. The number of ether oxygens (including phenoxy) is 4. The molecular weight excluding hydrogens is 512 g/mol. The number of aliphatic hydroxyl groups excluding tert-OH is 2. The Morgan fingerprint density at radius 2 is 1.70 bits per heavy atom. The number of aliphatic hydroxyl groups is 3. The molecule has 0 radical (unpaired) electrons. The number of carbonyl (C=O) groups excluding carboxylic acids is 1. The van der Waals surface area contributed by atoms with Gasteiger partial charge in [-0.2, -0.15) is 0 Å². The van der Waals surface area contributed by atoms with Gasteiger partial charge in [0.25, 0.3) is 0 Å². The van der Waals surface area contributed by atoms with E-state index in [1.807, 2.05) is 0 Å². The lowest BCUT2D eigenvalue weighted by atomic mass is 9.40. The second-order valence-corrected chi connectivity index (χ2v) is 15.0. The van der Waals surface area contributed by atoms with E-state index in [1.165, 1.54) is 7.11 Å². The fourth-order valence-corrected chi connectivity index (χ4v) is 11.0. The molecule has 1 saturated heterocycles. The molecule has 0 unspecified atom stereocenters. The molecule has 0 aromatic heterocycles. The van der Waals surface area contributed by atoms with Gasteiger partial charge in [-0.3, -0.25) is 0 Å². The quantitative estimate of drug-likeness (QED) is 0.351. The maximum Gasteiger partial charge on any atom is 0.331 e. The van der Waals surface area contributed by atoms with E-state index in [-0.39, 0.29) is 40.2 Å². The molecule has 8 heteroatoms. The second kappa shape index (κ2) is 9.75. The molecule has 40 heavy (non-hydrogen) atoms. The molecule has 0 amide bonds. The van der Waals surface area contributed by atoms with E-state index in [9.17, 15) is 20.1 Å². The van der Waals surface area contributed by atoms with Gasteiger partial charge in [-0.15, -0.1) is 0 Å². The first kappa shape index (κ1) is 29.1. The Balaban J connectivity index is 1.22. The largest absolute Gasteiger partial charge is 0.458 e. The van der Waals surface area contributed by atoms with Crippen LogP contribution in [0.5, 0.6) is 0 Å². The molecule has 0 aromatic carbocycles. The minimum Gasteiger partial charge on any atom is -0.458 e. The van der Waals surface area contributed by atoms with Crippen molar-refractivity contribution < 1.29 is 39.1 Å². The number of carbonyl (C=O) groups is 1. The molecule has 226 valence electrons. The summed E-state index contributed by atoms with van der Waals surface area (Å²) in [4.78, 5) is 11.9. The fourth-order valence-electron chi connectivity index (χ4n) is 11.0. The number of hydrogen-bond donors (Lipinski definition) is 3. The number of cyclic esters (lactones) is 1. The minimum absolute atomic E-state index is 0.0703. The van der Waals surface area contributed by atoms with Crippen molar-refractivity contribution >= 4 is 5.97 Å². The number of hydrogen-bond acceptors (Lipinski definition) is 8. The first-order valence-corrected chi connectivity index (χ1v) is 15.6. The average molecular weight is 563 g/mol. The molecule has 2 heterocycles. The van der Waals surface area contributed by atoms with Crippen molar-refractivity contribution in [1.82, 2.24) is 0 Å². The molecule has 6 rings (SSSR count). The predicted octanol–water partition coefficient (Wildman–Crippen LogP) is 3.75. The van der Waals surface area contributed by atoms with E-state index in [2.05, 4.69) is 27.7 Å². The smallest absolute Gasteiger partial charge is 0.331 e. The summed E-state index contributed by atoms with van der Waals surface area (Å²) in [5.41, 5.74) is 0.0598. The molecule has 2 aliphatic heterocycles. The molecule has 8 nitrogen and oxygen atoms in total. The molecule has 5 fully saturated rings. The van der Waals surface area contributed by atoms with E-state index in [0.717, 1.165) is 56.9 Å². The Hall–Kier alpha value is -1.03. The van der Waals surface area contributed by atoms with Crippen molar-refractivity contribution in [3.05, 3.63) is 11.6 Å². The van der Waals surface area contributed by atoms with Crippen LogP contribution in [0.3, 0.4) is 0 Å². The standard InChI is InChI=1S/C32H50O8/c1-17-25(34)26(35)27(37-6)28(39-17)40-23-11-12-30(4)20-9-13-31(5)19(18-15-24(33)38-16-18)10-14-32(31,36)21(20)7-8-22(30)29(23,2)3/h15,17,19-23,25-28,34-36H,7-14,16H2,1-6H3/t17-,19-,20+,21-,22-,23+,25-,26+,27-,28+,30-,31-,32+/m1/s1. The Kier molecular flexibility index (Phi) is 7.08. The third-order valence-corrected chi connectivity index (χ3v) is 13.2. The van der Waals surface area contributed by atoms with Gasteiger partial charge in [-0.05, 0) is 98.4 Å². The molecule has 4 aliphatic carbocycles. The van der Waals surface area contributed by atoms with Crippen LogP contribution in [-0.4, -0.2) is 77.4 Å². The molecule has 0 bridgehead atoms. The lowest BCUT2D eigenvalue weighted by molar-refractivity contribution is -0.328. The van der Waals surface area contributed by atoms with Gasteiger partial charge in [0, 0.05) is 18.6 Å².